The standard InChI is InChI=1S/C14H24O2/c1-11(2)9(15)13(5,6)14(7,8)10(16)12(11,3)4/h1-8H3. The molecule has 0 atom stereocenters. The topological polar surface area (TPSA) is 34.1 Å². The fourth-order valence-corrected chi connectivity index (χ4v) is 2.70. The van der Waals surface area contributed by atoms with Crippen molar-refractivity contribution in [2.24, 2.45) is 21.7 Å². The first-order valence-corrected chi connectivity index (χ1v) is 5.91. The van der Waals surface area contributed by atoms with Gasteiger partial charge in [-0.05, 0) is 0 Å². The maximum atomic E-state index is 12.6. The Labute approximate surface area is 98.8 Å². The normalized spacial score (nSPS) is 30.2. The van der Waals surface area contributed by atoms with Crippen LogP contribution in [0.25, 0.3) is 0 Å². The molecule has 0 aromatic carbocycles. The van der Waals surface area contributed by atoms with Crippen molar-refractivity contribution < 1.29 is 9.59 Å². The summed E-state index contributed by atoms with van der Waals surface area (Å²) < 4.78 is 0. The molecular weight excluding hydrogens is 200 g/mol. The third-order valence-corrected chi connectivity index (χ3v) is 5.40. The smallest absolute Gasteiger partial charge is 0.146 e. The van der Waals surface area contributed by atoms with E-state index in [1.54, 1.807) is 0 Å². The molecule has 16 heavy (non-hydrogen) atoms. The molecule has 0 bridgehead atoms. The molecule has 92 valence electrons. The molecule has 2 nitrogen and oxygen atoms in total. The summed E-state index contributed by atoms with van der Waals surface area (Å²) in [6.07, 6.45) is 0. The second-order valence-corrected chi connectivity index (χ2v) is 7.16. The van der Waals surface area contributed by atoms with Crippen molar-refractivity contribution in [3.63, 3.8) is 0 Å². The van der Waals surface area contributed by atoms with Gasteiger partial charge in [-0.3, -0.25) is 9.59 Å². The van der Waals surface area contributed by atoms with Gasteiger partial charge in [-0.2, -0.15) is 0 Å². The van der Waals surface area contributed by atoms with Crippen molar-refractivity contribution in [3.8, 4) is 0 Å². The van der Waals surface area contributed by atoms with Crippen molar-refractivity contribution >= 4 is 11.6 Å². The van der Waals surface area contributed by atoms with E-state index in [1.165, 1.54) is 0 Å². The predicted octanol–water partition coefficient (Wildman–Crippen LogP) is 3.24. The third-order valence-electron chi connectivity index (χ3n) is 5.40. The largest absolute Gasteiger partial charge is 0.298 e. The molecule has 0 saturated heterocycles. The Balaban J connectivity index is 3.52. The van der Waals surface area contributed by atoms with Gasteiger partial charge in [0.25, 0.3) is 0 Å². The molecule has 1 aliphatic carbocycles. The van der Waals surface area contributed by atoms with E-state index in [4.69, 9.17) is 0 Å². The van der Waals surface area contributed by atoms with Gasteiger partial charge >= 0.3 is 0 Å². The van der Waals surface area contributed by atoms with Gasteiger partial charge in [-0.1, -0.05) is 55.4 Å². The molecule has 2 heteroatoms. The number of carbonyl (C=O) groups is 2. The van der Waals surface area contributed by atoms with Gasteiger partial charge in [0.05, 0.1) is 0 Å². The summed E-state index contributed by atoms with van der Waals surface area (Å²) in [6.45, 7) is 15.1. The van der Waals surface area contributed by atoms with Gasteiger partial charge in [-0.15, -0.1) is 0 Å². The summed E-state index contributed by atoms with van der Waals surface area (Å²) in [5.74, 6) is 0.379. The molecule has 1 saturated carbocycles. The lowest BCUT2D eigenvalue weighted by Gasteiger charge is -2.56. The van der Waals surface area contributed by atoms with Crippen LogP contribution in [0.15, 0.2) is 0 Å². The first-order valence-electron chi connectivity index (χ1n) is 5.91. The van der Waals surface area contributed by atoms with Crippen LogP contribution in [0, 0.1) is 21.7 Å². The van der Waals surface area contributed by atoms with Crippen LogP contribution in [0.2, 0.25) is 0 Å². The molecule has 0 amide bonds. The summed E-state index contributed by atoms with van der Waals surface area (Å²) in [6, 6.07) is 0. The Bertz CT molecular complexity index is 289. The molecule has 0 aromatic rings. The van der Waals surface area contributed by atoms with Crippen LogP contribution in [-0.2, 0) is 9.59 Å². The highest BCUT2D eigenvalue weighted by molar-refractivity contribution is 6.06. The lowest BCUT2D eigenvalue weighted by Crippen LogP contribution is -2.64. The lowest BCUT2D eigenvalue weighted by molar-refractivity contribution is -0.175. The highest BCUT2D eigenvalue weighted by Crippen LogP contribution is 2.58. The fraction of sp³-hybridized carbons (Fsp3) is 0.857. The Hall–Kier alpha value is -0.660. The molecule has 1 fully saturated rings. The molecule has 0 heterocycles. The molecular formula is C14H24O2. The van der Waals surface area contributed by atoms with Gasteiger partial charge in [0.2, 0.25) is 0 Å². The maximum absolute atomic E-state index is 12.6. The quantitative estimate of drug-likeness (QED) is 0.633. The molecule has 0 radical (unpaired) electrons. The van der Waals surface area contributed by atoms with E-state index < -0.39 is 21.7 Å². The van der Waals surface area contributed by atoms with Crippen LogP contribution in [-0.4, -0.2) is 11.6 Å². The highest BCUT2D eigenvalue weighted by Gasteiger charge is 2.65. The molecule has 0 unspecified atom stereocenters. The summed E-state index contributed by atoms with van der Waals surface area (Å²) >= 11 is 0. The molecule has 0 N–H and O–H groups in total. The van der Waals surface area contributed by atoms with Crippen molar-refractivity contribution in [2.75, 3.05) is 0 Å². The van der Waals surface area contributed by atoms with E-state index in [-0.39, 0.29) is 11.6 Å². The number of ketones is 2. The number of carbonyl (C=O) groups excluding carboxylic acids is 2. The Morgan fingerprint density at radius 1 is 0.500 bits per heavy atom. The summed E-state index contributed by atoms with van der Waals surface area (Å²) in [4.78, 5) is 25.2. The first-order chi connectivity index (χ1) is 6.81. The number of hydrogen-bond acceptors (Lipinski definition) is 2. The van der Waals surface area contributed by atoms with Crippen molar-refractivity contribution in [1.82, 2.24) is 0 Å². The van der Waals surface area contributed by atoms with Crippen molar-refractivity contribution in [1.29, 1.82) is 0 Å². The van der Waals surface area contributed by atoms with Crippen LogP contribution < -0.4 is 0 Å². The van der Waals surface area contributed by atoms with Gasteiger partial charge < -0.3 is 0 Å². The van der Waals surface area contributed by atoms with Crippen LogP contribution in [0.4, 0.5) is 0 Å². The van der Waals surface area contributed by atoms with E-state index in [0.29, 0.717) is 0 Å². The molecule has 0 spiro atoms. The minimum absolute atomic E-state index is 0.189. The van der Waals surface area contributed by atoms with E-state index in [9.17, 15) is 9.59 Å². The van der Waals surface area contributed by atoms with Crippen LogP contribution in [0.1, 0.15) is 55.4 Å². The number of hydrogen-bond donors (Lipinski definition) is 0. The number of Topliss-reactive ketones (excluding diaryl/α,β-unsaturated/α-hetero) is 2. The average Bonchev–Trinajstić information content (AvgIpc) is 2.13. The van der Waals surface area contributed by atoms with Crippen LogP contribution in [0.3, 0.4) is 0 Å². The lowest BCUT2D eigenvalue weighted by atomic mass is 9.44. The summed E-state index contributed by atoms with van der Waals surface area (Å²) in [5, 5.41) is 0. The zero-order valence-corrected chi connectivity index (χ0v) is 11.8. The monoisotopic (exact) mass is 224 g/mol. The minimum Gasteiger partial charge on any atom is -0.298 e. The molecule has 0 aromatic heterocycles. The molecule has 1 aliphatic rings. The SMILES string of the molecule is CC1(C)C(=O)C(C)(C)C(C)(C)C(=O)C1(C)C. The van der Waals surface area contributed by atoms with Crippen LogP contribution in [0.5, 0.6) is 0 Å². The van der Waals surface area contributed by atoms with E-state index in [2.05, 4.69) is 0 Å². The predicted molar refractivity (Wildman–Crippen MR) is 65.1 cm³/mol. The average molecular weight is 224 g/mol. The second-order valence-electron chi connectivity index (χ2n) is 7.16. The van der Waals surface area contributed by atoms with Crippen molar-refractivity contribution in [2.45, 2.75) is 55.4 Å². The van der Waals surface area contributed by atoms with E-state index in [1.807, 2.05) is 55.4 Å². The highest BCUT2D eigenvalue weighted by atomic mass is 16.1. The summed E-state index contributed by atoms with van der Waals surface area (Å²) in [5.41, 5.74) is -2.38. The van der Waals surface area contributed by atoms with E-state index in [0.717, 1.165) is 0 Å². The first kappa shape index (κ1) is 13.4. The number of rotatable bonds is 0. The fourth-order valence-electron chi connectivity index (χ4n) is 2.70. The third kappa shape index (κ3) is 1.19. The van der Waals surface area contributed by atoms with E-state index >= 15 is 0 Å². The maximum Gasteiger partial charge on any atom is 0.146 e. The zero-order chi connectivity index (χ0) is 13.2. The van der Waals surface area contributed by atoms with Gasteiger partial charge in [0, 0.05) is 21.7 Å². The minimum atomic E-state index is -0.594. The Morgan fingerprint density at radius 3 is 0.750 bits per heavy atom. The second kappa shape index (κ2) is 2.96. The van der Waals surface area contributed by atoms with Crippen molar-refractivity contribution in [3.05, 3.63) is 0 Å². The zero-order valence-electron chi connectivity index (χ0n) is 11.8. The van der Waals surface area contributed by atoms with Gasteiger partial charge in [0.1, 0.15) is 11.6 Å². The Kier molecular flexibility index (Phi) is 2.48. The molecule has 0 aliphatic heterocycles. The molecule has 1 rings (SSSR count). The van der Waals surface area contributed by atoms with Crippen LogP contribution >= 0.6 is 0 Å². The summed E-state index contributed by atoms with van der Waals surface area (Å²) in [7, 11) is 0. The van der Waals surface area contributed by atoms with Gasteiger partial charge in [-0.25, -0.2) is 0 Å². The van der Waals surface area contributed by atoms with Gasteiger partial charge in [0.15, 0.2) is 0 Å². The Morgan fingerprint density at radius 2 is 0.625 bits per heavy atom.